The van der Waals surface area contributed by atoms with Crippen LogP contribution < -0.4 is 0 Å². The van der Waals surface area contributed by atoms with E-state index in [2.05, 4.69) is 13.8 Å². The quantitative estimate of drug-likeness (QED) is 0.567. The van der Waals surface area contributed by atoms with E-state index in [4.69, 9.17) is 0 Å². The normalized spacial score (nSPS) is 15.1. The first-order chi connectivity index (χ1) is 4.04. The van der Waals surface area contributed by atoms with Crippen molar-refractivity contribution in [2.75, 3.05) is 0 Å². The second-order valence-corrected chi connectivity index (χ2v) is 3.13. The molecule has 1 atom stereocenters. The summed E-state index contributed by atoms with van der Waals surface area (Å²) in [4.78, 5) is 10.3. The maximum Gasteiger partial charge on any atom is 0.204 e. The topological polar surface area (TPSA) is 17.1 Å². The monoisotopic (exact) mass is 127 g/mol. The lowest BCUT2D eigenvalue weighted by Gasteiger charge is -2.22. The molecule has 1 unspecified atom stereocenters. The van der Waals surface area contributed by atoms with Crippen molar-refractivity contribution in [2.45, 2.75) is 34.1 Å². The Morgan fingerprint density at radius 3 is 2.11 bits per heavy atom. The zero-order chi connectivity index (χ0) is 7.49. The molecule has 0 aliphatic heterocycles. The summed E-state index contributed by atoms with van der Waals surface area (Å²) in [6.45, 7) is 8.01. The second-order valence-electron chi connectivity index (χ2n) is 3.13. The molecule has 0 saturated heterocycles. The van der Waals surface area contributed by atoms with Gasteiger partial charge in [0.15, 0.2) is 0 Å². The Balaban J connectivity index is 3.95. The van der Waals surface area contributed by atoms with Crippen molar-refractivity contribution in [3.63, 3.8) is 0 Å². The predicted molar refractivity (Wildman–Crippen MR) is 38.9 cm³/mol. The highest BCUT2D eigenvalue weighted by atomic mass is 16.1. The van der Waals surface area contributed by atoms with E-state index in [0.29, 0.717) is 5.92 Å². The second kappa shape index (κ2) is 3.00. The Morgan fingerprint density at radius 2 is 2.00 bits per heavy atom. The Kier molecular flexibility index (Phi) is 2.89. The molecule has 1 radical (unpaired) electrons. The van der Waals surface area contributed by atoms with Crippen molar-refractivity contribution in [1.82, 2.24) is 0 Å². The molecule has 0 fully saturated rings. The molecule has 0 aromatic heterocycles. The Hall–Kier alpha value is -0.330. The minimum atomic E-state index is -0.255. The molecule has 0 aliphatic rings. The van der Waals surface area contributed by atoms with Gasteiger partial charge in [-0.1, -0.05) is 34.1 Å². The van der Waals surface area contributed by atoms with Gasteiger partial charge < -0.3 is 0 Å². The lowest BCUT2D eigenvalue weighted by atomic mass is 9.80. The highest BCUT2D eigenvalue weighted by Gasteiger charge is 2.24. The number of hydrogen-bond acceptors (Lipinski definition) is 1. The fourth-order valence-corrected chi connectivity index (χ4v) is 0.611. The highest BCUT2D eigenvalue weighted by molar-refractivity contribution is 5.59. The summed E-state index contributed by atoms with van der Waals surface area (Å²) in [6, 6.07) is 0. The maximum atomic E-state index is 10.3. The van der Waals surface area contributed by atoms with Crippen molar-refractivity contribution < 1.29 is 4.79 Å². The fourth-order valence-electron chi connectivity index (χ4n) is 0.611. The third-order valence-corrected chi connectivity index (χ3v) is 2.11. The van der Waals surface area contributed by atoms with Gasteiger partial charge in [0.1, 0.15) is 0 Å². The molecule has 0 N–H and O–H groups in total. The average Bonchev–Trinajstić information content (AvgIpc) is 1.86. The van der Waals surface area contributed by atoms with E-state index in [0.717, 1.165) is 6.42 Å². The summed E-state index contributed by atoms with van der Waals surface area (Å²) in [6.07, 6.45) is 3.09. The first-order valence-electron chi connectivity index (χ1n) is 3.44. The molecule has 0 spiro atoms. The molecular weight excluding hydrogens is 112 g/mol. The molecule has 0 aromatic carbocycles. The van der Waals surface area contributed by atoms with E-state index in [9.17, 15) is 4.79 Å². The Labute approximate surface area is 57.5 Å². The summed E-state index contributed by atoms with van der Waals surface area (Å²) in [5.74, 6) is 0.440. The first kappa shape index (κ1) is 8.67. The molecular formula is C8H15O. The Bertz CT molecular complexity index is 94.7. The summed E-state index contributed by atoms with van der Waals surface area (Å²) in [5, 5.41) is 0. The maximum absolute atomic E-state index is 10.3. The van der Waals surface area contributed by atoms with E-state index in [1.807, 2.05) is 20.1 Å². The molecule has 0 aromatic rings. The van der Waals surface area contributed by atoms with Crippen LogP contribution in [0.15, 0.2) is 0 Å². The van der Waals surface area contributed by atoms with E-state index in [1.165, 1.54) is 0 Å². The van der Waals surface area contributed by atoms with Crippen LogP contribution >= 0.6 is 0 Å². The van der Waals surface area contributed by atoms with Crippen molar-refractivity contribution in [2.24, 2.45) is 11.3 Å². The smallest absolute Gasteiger partial charge is 0.204 e. The van der Waals surface area contributed by atoms with Crippen molar-refractivity contribution in [1.29, 1.82) is 0 Å². The minimum absolute atomic E-state index is 0.255. The lowest BCUT2D eigenvalue weighted by Crippen LogP contribution is -2.22. The molecule has 0 amide bonds. The van der Waals surface area contributed by atoms with Gasteiger partial charge in [-0.05, 0) is 5.92 Å². The highest BCUT2D eigenvalue weighted by Crippen LogP contribution is 2.25. The standard InChI is InChI=1S/C8H15O/c1-5-7(2)8(3,4)6-9/h7H,5H2,1-4H3. The van der Waals surface area contributed by atoms with Gasteiger partial charge in [-0.25, -0.2) is 0 Å². The van der Waals surface area contributed by atoms with Crippen molar-refractivity contribution in [3.05, 3.63) is 0 Å². The molecule has 1 nitrogen and oxygen atoms in total. The van der Waals surface area contributed by atoms with Crippen molar-refractivity contribution in [3.8, 4) is 0 Å². The zero-order valence-electron chi connectivity index (χ0n) is 6.69. The average molecular weight is 127 g/mol. The van der Waals surface area contributed by atoms with Crippen molar-refractivity contribution >= 4 is 6.29 Å². The van der Waals surface area contributed by atoms with E-state index in [1.54, 1.807) is 0 Å². The molecule has 0 rings (SSSR count). The van der Waals surface area contributed by atoms with E-state index < -0.39 is 0 Å². The van der Waals surface area contributed by atoms with Gasteiger partial charge in [0.05, 0.1) is 0 Å². The zero-order valence-corrected chi connectivity index (χ0v) is 6.69. The van der Waals surface area contributed by atoms with Crippen LogP contribution in [0.5, 0.6) is 0 Å². The largest absolute Gasteiger partial charge is 0.290 e. The molecule has 0 aliphatic carbocycles. The molecule has 53 valence electrons. The first-order valence-corrected chi connectivity index (χ1v) is 3.44. The van der Waals surface area contributed by atoms with Gasteiger partial charge in [0.2, 0.25) is 6.29 Å². The van der Waals surface area contributed by atoms with Crippen LogP contribution in [0.1, 0.15) is 34.1 Å². The van der Waals surface area contributed by atoms with E-state index >= 15 is 0 Å². The van der Waals surface area contributed by atoms with Crippen LogP contribution in [0.4, 0.5) is 0 Å². The molecule has 0 bridgehead atoms. The molecule has 0 heterocycles. The minimum Gasteiger partial charge on any atom is -0.290 e. The van der Waals surface area contributed by atoms with Gasteiger partial charge in [0.25, 0.3) is 0 Å². The SMILES string of the molecule is CCC(C)C(C)(C)[C]=O. The summed E-state index contributed by atoms with van der Waals surface area (Å²) in [7, 11) is 0. The summed E-state index contributed by atoms with van der Waals surface area (Å²) in [5.41, 5.74) is -0.255. The van der Waals surface area contributed by atoms with Crippen LogP contribution in [-0.2, 0) is 4.79 Å². The molecule has 0 saturated carbocycles. The van der Waals surface area contributed by atoms with Crippen LogP contribution in [0.2, 0.25) is 0 Å². The Morgan fingerprint density at radius 1 is 1.56 bits per heavy atom. The van der Waals surface area contributed by atoms with Gasteiger partial charge in [0, 0.05) is 5.41 Å². The number of rotatable bonds is 3. The third kappa shape index (κ3) is 2.17. The third-order valence-electron chi connectivity index (χ3n) is 2.11. The van der Waals surface area contributed by atoms with Gasteiger partial charge in [-0.3, -0.25) is 4.79 Å². The van der Waals surface area contributed by atoms with Crippen LogP contribution in [0, 0.1) is 11.3 Å². The molecule has 1 heteroatoms. The van der Waals surface area contributed by atoms with Crippen LogP contribution in [0.3, 0.4) is 0 Å². The van der Waals surface area contributed by atoms with Gasteiger partial charge in [-0.2, -0.15) is 0 Å². The fraction of sp³-hybridized carbons (Fsp3) is 0.875. The predicted octanol–water partition coefficient (Wildman–Crippen LogP) is 2.17. The van der Waals surface area contributed by atoms with Gasteiger partial charge in [-0.15, -0.1) is 0 Å². The molecule has 9 heavy (non-hydrogen) atoms. The van der Waals surface area contributed by atoms with Crippen LogP contribution in [0.25, 0.3) is 0 Å². The van der Waals surface area contributed by atoms with Gasteiger partial charge >= 0.3 is 0 Å². The summed E-state index contributed by atoms with van der Waals surface area (Å²) >= 11 is 0. The number of hydrogen-bond donors (Lipinski definition) is 0. The summed E-state index contributed by atoms with van der Waals surface area (Å²) < 4.78 is 0. The number of carbonyl (C=O) groups excluding carboxylic acids is 1. The van der Waals surface area contributed by atoms with E-state index in [-0.39, 0.29) is 5.41 Å². The lowest BCUT2D eigenvalue weighted by molar-refractivity contribution is 0.310. The van der Waals surface area contributed by atoms with Crippen LogP contribution in [-0.4, -0.2) is 6.29 Å².